The van der Waals surface area contributed by atoms with Gasteiger partial charge in [-0.1, -0.05) is 73.7 Å². The van der Waals surface area contributed by atoms with Crippen molar-refractivity contribution in [2.75, 3.05) is 0 Å². The first-order valence-electron chi connectivity index (χ1n) is 9.28. The van der Waals surface area contributed by atoms with Crippen LogP contribution in [0.3, 0.4) is 0 Å². The number of rotatable bonds is 4. The molecule has 0 radical (unpaired) electrons. The van der Waals surface area contributed by atoms with Crippen LogP contribution >= 0.6 is 0 Å². The fraction of sp³-hybridized carbons (Fsp3) is 0.333. The summed E-state index contributed by atoms with van der Waals surface area (Å²) in [5.74, 6) is 6.57. The molecule has 1 heterocycles. The van der Waals surface area contributed by atoms with Crippen LogP contribution in [0.25, 0.3) is 0 Å². The van der Waals surface area contributed by atoms with Crippen LogP contribution in [-0.4, -0.2) is 17.0 Å². The lowest BCUT2D eigenvalue weighted by atomic mass is 9.75. The van der Waals surface area contributed by atoms with Gasteiger partial charge in [0.1, 0.15) is 0 Å². The molecule has 132 valence electrons. The molecule has 1 aliphatic heterocycles. The van der Waals surface area contributed by atoms with E-state index in [-0.39, 0.29) is 5.78 Å². The van der Waals surface area contributed by atoms with Gasteiger partial charge >= 0.3 is 0 Å². The van der Waals surface area contributed by atoms with Crippen molar-refractivity contribution < 1.29 is 4.79 Å². The second kappa shape index (κ2) is 7.30. The standard InChI is InChI=1S/C24H25NO/c1-4-5-17-24(18-16-19-12-8-6-9-13-19)22(26)23(2,3)21(25-24)20-14-10-7-11-15-20/h6-15H,4-5,17H2,1-3H3. The molecular formula is C24H25NO. The highest BCUT2D eigenvalue weighted by Gasteiger charge is 2.53. The summed E-state index contributed by atoms with van der Waals surface area (Å²) in [4.78, 5) is 18.4. The predicted molar refractivity (Wildman–Crippen MR) is 107 cm³/mol. The van der Waals surface area contributed by atoms with E-state index in [1.54, 1.807) is 0 Å². The van der Waals surface area contributed by atoms with Gasteiger partial charge in [-0.2, -0.15) is 0 Å². The molecule has 0 amide bonds. The number of hydrogen-bond acceptors (Lipinski definition) is 2. The minimum absolute atomic E-state index is 0.112. The molecule has 2 aromatic carbocycles. The third kappa shape index (κ3) is 3.35. The zero-order valence-corrected chi connectivity index (χ0v) is 15.8. The number of hydrogen-bond donors (Lipinski definition) is 0. The second-order valence-electron chi connectivity index (χ2n) is 7.36. The molecule has 1 aliphatic rings. The lowest BCUT2D eigenvalue weighted by molar-refractivity contribution is -0.126. The SMILES string of the molecule is CCCCC1(C#Cc2ccccc2)N=C(c2ccccc2)C(C)(C)C1=O. The molecule has 1 unspecified atom stereocenters. The zero-order valence-electron chi connectivity index (χ0n) is 15.8. The third-order valence-electron chi connectivity index (χ3n) is 4.96. The van der Waals surface area contributed by atoms with Crippen LogP contribution in [0.4, 0.5) is 0 Å². The van der Waals surface area contributed by atoms with E-state index in [0.717, 1.165) is 29.7 Å². The normalized spacial score (nSPS) is 21.0. The van der Waals surface area contributed by atoms with Crippen LogP contribution in [0.15, 0.2) is 65.7 Å². The maximum atomic E-state index is 13.4. The summed E-state index contributed by atoms with van der Waals surface area (Å²) in [5, 5.41) is 0. The van der Waals surface area contributed by atoms with E-state index >= 15 is 0 Å². The first-order chi connectivity index (χ1) is 12.5. The van der Waals surface area contributed by atoms with Crippen LogP contribution in [0.2, 0.25) is 0 Å². The van der Waals surface area contributed by atoms with Gasteiger partial charge in [0.15, 0.2) is 11.3 Å². The molecule has 0 N–H and O–H groups in total. The zero-order chi connectivity index (χ0) is 18.6. The van der Waals surface area contributed by atoms with Crippen LogP contribution in [0, 0.1) is 17.3 Å². The number of Topliss-reactive ketones (excluding diaryl/α,β-unsaturated/α-hetero) is 1. The lowest BCUT2D eigenvalue weighted by Crippen LogP contribution is -2.40. The Balaban J connectivity index is 2.10. The predicted octanol–water partition coefficient (Wildman–Crippen LogP) is 5.07. The van der Waals surface area contributed by atoms with E-state index in [1.165, 1.54) is 0 Å². The molecule has 0 bridgehead atoms. The monoisotopic (exact) mass is 343 g/mol. The maximum absolute atomic E-state index is 13.4. The van der Waals surface area contributed by atoms with E-state index in [0.29, 0.717) is 6.42 Å². The summed E-state index contributed by atoms with van der Waals surface area (Å²) in [6.07, 6.45) is 2.61. The van der Waals surface area contributed by atoms with Gasteiger partial charge in [-0.15, -0.1) is 0 Å². The first-order valence-corrected chi connectivity index (χ1v) is 9.28. The van der Waals surface area contributed by atoms with Crippen molar-refractivity contribution in [1.82, 2.24) is 0 Å². The Bertz CT molecular complexity index is 869. The number of ketones is 1. The Labute approximate surface area is 156 Å². The minimum Gasteiger partial charge on any atom is -0.295 e. The molecule has 0 saturated carbocycles. The fourth-order valence-corrected chi connectivity index (χ4v) is 3.47. The van der Waals surface area contributed by atoms with Gasteiger partial charge in [0, 0.05) is 5.56 Å². The van der Waals surface area contributed by atoms with Crippen LogP contribution in [0.1, 0.15) is 51.2 Å². The van der Waals surface area contributed by atoms with E-state index < -0.39 is 11.0 Å². The second-order valence-corrected chi connectivity index (χ2v) is 7.36. The summed E-state index contributed by atoms with van der Waals surface area (Å²) in [5.41, 5.74) is 1.19. The van der Waals surface area contributed by atoms with Crippen molar-refractivity contribution in [3.8, 4) is 11.8 Å². The molecule has 2 nitrogen and oxygen atoms in total. The molecule has 0 aromatic heterocycles. The van der Waals surface area contributed by atoms with Gasteiger partial charge < -0.3 is 0 Å². The summed E-state index contributed by atoms with van der Waals surface area (Å²) in [6.45, 7) is 6.07. The number of aliphatic imine (C=N–C) groups is 1. The number of benzene rings is 2. The summed E-state index contributed by atoms with van der Waals surface area (Å²) < 4.78 is 0. The number of nitrogens with zero attached hydrogens (tertiary/aromatic N) is 1. The summed E-state index contributed by atoms with van der Waals surface area (Å²) in [7, 11) is 0. The Hall–Kier alpha value is -2.66. The number of carbonyl (C=O) groups excluding carboxylic acids is 1. The van der Waals surface area contributed by atoms with E-state index in [2.05, 4.69) is 18.8 Å². The highest BCUT2D eigenvalue weighted by molar-refractivity contribution is 6.24. The fourth-order valence-electron chi connectivity index (χ4n) is 3.47. The quantitative estimate of drug-likeness (QED) is 0.713. The maximum Gasteiger partial charge on any atom is 0.184 e. The Morgan fingerprint density at radius 3 is 2.19 bits per heavy atom. The van der Waals surface area contributed by atoms with Crippen molar-refractivity contribution in [2.24, 2.45) is 10.4 Å². The van der Waals surface area contributed by atoms with Crippen molar-refractivity contribution in [2.45, 2.75) is 45.6 Å². The van der Waals surface area contributed by atoms with Gasteiger partial charge in [0.05, 0.1) is 11.1 Å². The highest BCUT2D eigenvalue weighted by Crippen LogP contribution is 2.40. The Morgan fingerprint density at radius 1 is 0.962 bits per heavy atom. The summed E-state index contributed by atoms with van der Waals surface area (Å²) in [6, 6.07) is 19.8. The Kier molecular flexibility index (Phi) is 5.09. The summed E-state index contributed by atoms with van der Waals surface area (Å²) >= 11 is 0. The molecule has 0 fully saturated rings. The smallest absolute Gasteiger partial charge is 0.184 e. The van der Waals surface area contributed by atoms with E-state index in [1.807, 2.05) is 74.5 Å². The van der Waals surface area contributed by atoms with Crippen LogP contribution < -0.4 is 0 Å². The molecule has 2 aromatic rings. The van der Waals surface area contributed by atoms with E-state index in [4.69, 9.17) is 4.99 Å². The number of unbranched alkanes of at least 4 members (excludes halogenated alkanes) is 1. The topological polar surface area (TPSA) is 29.4 Å². The minimum atomic E-state index is -0.944. The van der Waals surface area contributed by atoms with Gasteiger partial charge in [-0.05, 0) is 44.4 Å². The first kappa shape index (κ1) is 18.1. The van der Waals surface area contributed by atoms with Gasteiger partial charge in [-0.3, -0.25) is 9.79 Å². The average Bonchev–Trinajstić information content (AvgIpc) is 2.87. The highest BCUT2D eigenvalue weighted by atomic mass is 16.1. The molecule has 3 rings (SSSR count). The van der Waals surface area contributed by atoms with Crippen LogP contribution in [-0.2, 0) is 4.79 Å². The van der Waals surface area contributed by atoms with Crippen molar-refractivity contribution in [3.05, 3.63) is 71.8 Å². The molecule has 1 atom stereocenters. The molecule has 0 aliphatic carbocycles. The lowest BCUT2D eigenvalue weighted by Gasteiger charge is -2.23. The van der Waals surface area contributed by atoms with Crippen LogP contribution in [0.5, 0.6) is 0 Å². The van der Waals surface area contributed by atoms with Gasteiger partial charge in [0.2, 0.25) is 0 Å². The average molecular weight is 343 g/mol. The van der Waals surface area contributed by atoms with Crippen molar-refractivity contribution in [3.63, 3.8) is 0 Å². The third-order valence-corrected chi connectivity index (χ3v) is 4.96. The van der Waals surface area contributed by atoms with Crippen molar-refractivity contribution >= 4 is 11.5 Å². The molecule has 2 heteroatoms. The molecule has 26 heavy (non-hydrogen) atoms. The van der Waals surface area contributed by atoms with Crippen molar-refractivity contribution in [1.29, 1.82) is 0 Å². The van der Waals surface area contributed by atoms with E-state index in [9.17, 15) is 4.79 Å². The Morgan fingerprint density at radius 2 is 1.58 bits per heavy atom. The van der Waals surface area contributed by atoms with Gasteiger partial charge in [0.25, 0.3) is 0 Å². The largest absolute Gasteiger partial charge is 0.295 e. The number of carbonyl (C=O) groups is 1. The molecular weight excluding hydrogens is 318 g/mol. The molecule has 0 spiro atoms. The van der Waals surface area contributed by atoms with Gasteiger partial charge in [-0.25, -0.2) is 0 Å². The molecule has 0 saturated heterocycles.